The van der Waals surface area contributed by atoms with E-state index in [1.54, 1.807) is 4.90 Å². The summed E-state index contributed by atoms with van der Waals surface area (Å²) in [6.07, 6.45) is 1.33. The Morgan fingerprint density at radius 3 is 2.58 bits per heavy atom. The molecule has 4 atom stereocenters. The fourth-order valence-electron chi connectivity index (χ4n) is 2.90. The lowest BCUT2D eigenvalue weighted by Crippen LogP contribution is -2.53. The van der Waals surface area contributed by atoms with Crippen molar-refractivity contribution in [1.82, 2.24) is 4.90 Å². The summed E-state index contributed by atoms with van der Waals surface area (Å²) >= 11 is 0. The maximum Gasteiger partial charge on any atom is 0.306 e. The number of carbonyl (C=O) groups is 2. The van der Waals surface area contributed by atoms with Crippen molar-refractivity contribution in [2.45, 2.75) is 38.3 Å². The molecule has 1 heterocycles. The monoisotopic (exact) mass is 271 g/mol. The molecule has 2 N–H and O–H groups in total. The smallest absolute Gasteiger partial charge is 0.306 e. The highest BCUT2D eigenvalue weighted by molar-refractivity contribution is 5.81. The SMILES string of the molecule is CC1COC(CO)CN1C(=O)[C@@H]1CC[C@H](C(=O)O)C1. The molecule has 1 saturated carbocycles. The van der Waals surface area contributed by atoms with Crippen molar-refractivity contribution in [3.63, 3.8) is 0 Å². The molecule has 6 nitrogen and oxygen atoms in total. The van der Waals surface area contributed by atoms with Crippen LogP contribution in [0.3, 0.4) is 0 Å². The molecule has 1 amide bonds. The molecule has 0 radical (unpaired) electrons. The summed E-state index contributed by atoms with van der Waals surface area (Å²) in [5.74, 6) is -1.38. The van der Waals surface area contributed by atoms with Crippen molar-refractivity contribution in [2.75, 3.05) is 19.8 Å². The molecule has 108 valence electrons. The molecule has 0 aromatic rings. The van der Waals surface area contributed by atoms with E-state index in [9.17, 15) is 9.59 Å². The quantitative estimate of drug-likeness (QED) is 0.760. The highest BCUT2D eigenvalue weighted by Gasteiger charge is 2.38. The topological polar surface area (TPSA) is 87.1 Å². The lowest BCUT2D eigenvalue weighted by Gasteiger charge is -2.38. The molecule has 0 aromatic heterocycles. The van der Waals surface area contributed by atoms with E-state index in [4.69, 9.17) is 14.9 Å². The van der Waals surface area contributed by atoms with E-state index in [2.05, 4.69) is 0 Å². The summed E-state index contributed by atoms with van der Waals surface area (Å²) in [7, 11) is 0. The molecule has 0 bridgehead atoms. The molecule has 1 aliphatic carbocycles. The van der Waals surface area contributed by atoms with Crippen LogP contribution >= 0.6 is 0 Å². The van der Waals surface area contributed by atoms with Gasteiger partial charge in [-0.05, 0) is 26.2 Å². The second kappa shape index (κ2) is 5.88. The molecule has 0 spiro atoms. The van der Waals surface area contributed by atoms with Crippen molar-refractivity contribution in [3.8, 4) is 0 Å². The van der Waals surface area contributed by atoms with Crippen molar-refractivity contribution in [3.05, 3.63) is 0 Å². The number of aliphatic carboxylic acids is 1. The van der Waals surface area contributed by atoms with Gasteiger partial charge in [0.2, 0.25) is 5.91 Å². The van der Waals surface area contributed by atoms with Crippen molar-refractivity contribution in [1.29, 1.82) is 0 Å². The zero-order valence-electron chi connectivity index (χ0n) is 11.1. The van der Waals surface area contributed by atoms with E-state index in [0.717, 1.165) is 0 Å². The molecule has 2 aliphatic rings. The first-order valence-corrected chi connectivity index (χ1v) is 6.78. The van der Waals surface area contributed by atoms with Crippen molar-refractivity contribution >= 4 is 11.9 Å². The highest BCUT2D eigenvalue weighted by Crippen LogP contribution is 2.33. The van der Waals surface area contributed by atoms with Gasteiger partial charge in [-0.3, -0.25) is 9.59 Å². The van der Waals surface area contributed by atoms with Gasteiger partial charge < -0.3 is 19.8 Å². The summed E-state index contributed by atoms with van der Waals surface area (Å²) in [5.41, 5.74) is 0. The minimum atomic E-state index is -0.807. The van der Waals surface area contributed by atoms with E-state index in [1.807, 2.05) is 6.92 Å². The maximum absolute atomic E-state index is 12.4. The number of aliphatic hydroxyl groups excluding tert-OH is 1. The molecule has 1 saturated heterocycles. The van der Waals surface area contributed by atoms with Crippen molar-refractivity contribution in [2.24, 2.45) is 11.8 Å². The Kier molecular flexibility index (Phi) is 4.42. The Morgan fingerprint density at radius 1 is 1.32 bits per heavy atom. The number of carboxylic acid groups (broad SMARTS) is 1. The van der Waals surface area contributed by atoms with Gasteiger partial charge in [-0.25, -0.2) is 0 Å². The number of hydrogen-bond donors (Lipinski definition) is 2. The summed E-state index contributed by atoms with van der Waals surface area (Å²) in [6.45, 7) is 2.63. The lowest BCUT2D eigenvalue weighted by atomic mass is 10.0. The predicted molar refractivity (Wildman–Crippen MR) is 66.5 cm³/mol. The van der Waals surface area contributed by atoms with Crippen LogP contribution in [0.25, 0.3) is 0 Å². The predicted octanol–water partition coefficient (Wildman–Crippen LogP) is 0.0955. The summed E-state index contributed by atoms with van der Waals surface area (Å²) in [5, 5.41) is 18.1. The molecule has 2 unspecified atom stereocenters. The number of morpholine rings is 1. The number of amides is 1. The first kappa shape index (κ1) is 14.3. The van der Waals surface area contributed by atoms with Gasteiger partial charge in [-0.15, -0.1) is 0 Å². The van der Waals surface area contributed by atoms with Gasteiger partial charge in [0, 0.05) is 12.5 Å². The molecule has 1 aliphatic heterocycles. The molecule has 2 rings (SSSR count). The van der Waals surface area contributed by atoms with Crippen LogP contribution in [0.5, 0.6) is 0 Å². The van der Waals surface area contributed by atoms with Gasteiger partial charge in [-0.2, -0.15) is 0 Å². The zero-order valence-corrected chi connectivity index (χ0v) is 11.1. The summed E-state index contributed by atoms with van der Waals surface area (Å²) in [6, 6.07) is -0.0146. The Balaban J connectivity index is 1.97. The van der Waals surface area contributed by atoms with E-state index in [0.29, 0.717) is 32.4 Å². The number of nitrogens with zero attached hydrogens (tertiary/aromatic N) is 1. The van der Waals surface area contributed by atoms with Crippen LogP contribution in [-0.4, -0.2) is 58.9 Å². The van der Waals surface area contributed by atoms with Crippen LogP contribution in [0.1, 0.15) is 26.2 Å². The zero-order chi connectivity index (χ0) is 14.0. The molecule has 2 fully saturated rings. The fourth-order valence-corrected chi connectivity index (χ4v) is 2.90. The average molecular weight is 271 g/mol. The largest absolute Gasteiger partial charge is 0.481 e. The molecule has 0 aromatic carbocycles. The normalized spacial score (nSPS) is 35.4. The second-order valence-corrected chi connectivity index (χ2v) is 5.52. The number of carboxylic acids is 1. The van der Waals surface area contributed by atoms with Gasteiger partial charge in [0.05, 0.1) is 31.3 Å². The van der Waals surface area contributed by atoms with Crippen LogP contribution in [0.2, 0.25) is 0 Å². The van der Waals surface area contributed by atoms with Gasteiger partial charge >= 0.3 is 5.97 Å². The maximum atomic E-state index is 12.4. The van der Waals surface area contributed by atoms with Crippen LogP contribution < -0.4 is 0 Å². The number of hydrogen-bond acceptors (Lipinski definition) is 4. The van der Waals surface area contributed by atoms with E-state index >= 15 is 0 Å². The van der Waals surface area contributed by atoms with Crippen LogP contribution in [-0.2, 0) is 14.3 Å². The van der Waals surface area contributed by atoms with Crippen LogP contribution in [0.15, 0.2) is 0 Å². The fraction of sp³-hybridized carbons (Fsp3) is 0.846. The number of aliphatic hydroxyl groups is 1. The second-order valence-electron chi connectivity index (χ2n) is 5.52. The van der Waals surface area contributed by atoms with Gasteiger partial charge in [0.15, 0.2) is 0 Å². The Morgan fingerprint density at radius 2 is 2.00 bits per heavy atom. The van der Waals surface area contributed by atoms with E-state index in [-0.39, 0.29) is 36.5 Å². The number of ether oxygens (including phenoxy) is 1. The minimum absolute atomic E-state index is 0.0120. The highest BCUT2D eigenvalue weighted by atomic mass is 16.5. The average Bonchev–Trinajstić information content (AvgIpc) is 2.88. The third kappa shape index (κ3) is 3.06. The molecule has 6 heteroatoms. The van der Waals surface area contributed by atoms with Gasteiger partial charge in [0.25, 0.3) is 0 Å². The van der Waals surface area contributed by atoms with Gasteiger partial charge in [0.1, 0.15) is 0 Å². The molecule has 19 heavy (non-hydrogen) atoms. The summed E-state index contributed by atoms with van der Waals surface area (Å²) < 4.78 is 5.40. The number of carbonyl (C=O) groups excluding carboxylic acids is 1. The molecular formula is C13H21NO5. The Labute approximate surface area is 112 Å². The first-order valence-electron chi connectivity index (χ1n) is 6.78. The van der Waals surface area contributed by atoms with Crippen LogP contribution in [0.4, 0.5) is 0 Å². The van der Waals surface area contributed by atoms with Gasteiger partial charge in [-0.1, -0.05) is 0 Å². The minimum Gasteiger partial charge on any atom is -0.481 e. The molecular weight excluding hydrogens is 250 g/mol. The third-order valence-corrected chi connectivity index (χ3v) is 4.12. The van der Waals surface area contributed by atoms with E-state index in [1.165, 1.54) is 0 Å². The third-order valence-electron chi connectivity index (χ3n) is 4.12. The summed E-state index contributed by atoms with van der Waals surface area (Å²) in [4.78, 5) is 25.1. The Hall–Kier alpha value is -1.14. The standard InChI is InChI=1S/C13H21NO5/c1-8-7-19-11(6-15)5-14(8)12(16)9-2-3-10(4-9)13(17)18/h8-11,15H,2-7H2,1H3,(H,17,18)/t8?,9-,10+,11?/m1/s1. The van der Waals surface area contributed by atoms with Crippen LogP contribution in [0, 0.1) is 11.8 Å². The number of rotatable bonds is 3. The first-order chi connectivity index (χ1) is 9.02. The van der Waals surface area contributed by atoms with E-state index < -0.39 is 5.97 Å². The lowest BCUT2D eigenvalue weighted by molar-refractivity contribution is -0.150. The van der Waals surface area contributed by atoms with Crippen molar-refractivity contribution < 1.29 is 24.5 Å². The Bertz CT molecular complexity index is 359.